The Morgan fingerprint density at radius 2 is 2.08 bits per heavy atom. The second kappa shape index (κ2) is 7.45. The summed E-state index contributed by atoms with van der Waals surface area (Å²) in [5.41, 5.74) is 2.96. The lowest BCUT2D eigenvalue weighted by Gasteiger charge is -2.29. The monoisotopic (exact) mass is 373 g/mol. The van der Waals surface area contributed by atoms with Gasteiger partial charge in [0.05, 0.1) is 29.0 Å². The molecule has 1 aromatic heterocycles. The summed E-state index contributed by atoms with van der Waals surface area (Å²) in [7, 11) is -2.97. The molecule has 1 saturated heterocycles. The molecule has 1 aromatic carbocycles. The van der Waals surface area contributed by atoms with Crippen LogP contribution >= 0.6 is 0 Å². The van der Waals surface area contributed by atoms with Crippen LogP contribution < -0.4 is 10.2 Å². The van der Waals surface area contributed by atoms with Gasteiger partial charge in [0.15, 0.2) is 9.84 Å². The molecule has 0 bridgehead atoms. The molecule has 0 aliphatic carbocycles. The minimum Gasteiger partial charge on any atom is -0.367 e. The summed E-state index contributed by atoms with van der Waals surface area (Å²) in [5.74, 6) is 0.138. The van der Waals surface area contributed by atoms with E-state index in [4.69, 9.17) is 0 Å². The molecule has 1 aliphatic rings. The molecule has 1 atom stereocenters. The van der Waals surface area contributed by atoms with Crippen LogP contribution in [0.1, 0.15) is 29.3 Å². The summed E-state index contributed by atoms with van der Waals surface area (Å²) in [6, 6.07) is 9.28. The molecule has 1 N–H and O–H groups in total. The number of hydrogen-bond acceptors (Lipinski definition) is 5. The zero-order chi connectivity index (χ0) is 18.7. The van der Waals surface area contributed by atoms with Crippen molar-refractivity contribution in [1.29, 1.82) is 0 Å². The highest BCUT2D eigenvalue weighted by Gasteiger charge is 2.32. The predicted molar refractivity (Wildman–Crippen MR) is 103 cm³/mol. The number of carbonyl (C=O) groups is 1. The standard InChI is InChI=1S/C19H23N3O3S/c1-3-22(16-8-9-26(24,25)13-16)17-10-15(11-20-12-17)19(23)21-18-7-5-4-6-14(18)2/h4-7,10-12,16H,3,8-9,13H2,1-2H3,(H,21,23). The van der Waals surface area contributed by atoms with E-state index in [0.717, 1.165) is 16.9 Å². The Morgan fingerprint density at radius 3 is 2.73 bits per heavy atom. The normalized spacial score (nSPS) is 18.5. The van der Waals surface area contributed by atoms with Crippen LogP contribution in [0, 0.1) is 6.92 Å². The van der Waals surface area contributed by atoms with Gasteiger partial charge >= 0.3 is 0 Å². The molecule has 0 spiro atoms. The highest BCUT2D eigenvalue weighted by atomic mass is 32.2. The average molecular weight is 373 g/mol. The van der Waals surface area contributed by atoms with E-state index < -0.39 is 9.84 Å². The molecule has 1 fully saturated rings. The van der Waals surface area contributed by atoms with Gasteiger partial charge in [-0.2, -0.15) is 0 Å². The summed E-state index contributed by atoms with van der Waals surface area (Å²) in [6.07, 6.45) is 3.81. The Morgan fingerprint density at radius 1 is 1.31 bits per heavy atom. The van der Waals surface area contributed by atoms with Crippen molar-refractivity contribution in [1.82, 2.24) is 4.98 Å². The first-order chi connectivity index (χ1) is 12.4. The lowest BCUT2D eigenvalue weighted by Crippen LogP contribution is -2.36. The van der Waals surface area contributed by atoms with E-state index in [1.54, 1.807) is 12.3 Å². The Balaban J connectivity index is 1.81. The van der Waals surface area contributed by atoms with Crippen LogP contribution in [0.2, 0.25) is 0 Å². The van der Waals surface area contributed by atoms with Gasteiger partial charge in [-0.3, -0.25) is 9.78 Å². The average Bonchev–Trinajstić information content (AvgIpc) is 2.97. The van der Waals surface area contributed by atoms with Crippen molar-refractivity contribution in [2.45, 2.75) is 26.3 Å². The van der Waals surface area contributed by atoms with E-state index in [1.807, 2.05) is 43.0 Å². The molecule has 0 radical (unpaired) electrons. The lowest BCUT2D eigenvalue weighted by molar-refractivity contribution is 0.102. The smallest absolute Gasteiger partial charge is 0.257 e. The van der Waals surface area contributed by atoms with Crippen LogP contribution in [0.3, 0.4) is 0 Å². The molecule has 2 aromatic rings. The predicted octanol–water partition coefficient (Wildman–Crippen LogP) is 2.66. The third kappa shape index (κ3) is 4.04. The largest absolute Gasteiger partial charge is 0.367 e. The van der Waals surface area contributed by atoms with E-state index in [-0.39, 0.29) is 23.5 Å². The third-order valence-electron chi connectivity index (χ3n) is 4.70. The van der Waals surface area contributed by atoms with E-state index >= 15 is 0 Å². The Labute approximate surface area is 154 Å². The van der Waals surface area contributed by atoms with Gasteiger partial charge in [-0.1, -0.05) is 18.2 Å². The third-order valence-corrected chi connectivity index (χ3v) is 6.45. The Kier molecular flexibility index (Phi) is 5.27. The van der Waals surface area contributed by atoms with Crippen molar-refractivity contribution in [2.24, 2.45) is 0 Å². The molecule has 3 rings (SSSR count). The van der Waals surface area contributed by atoms with Gasteiger partial charge in [0.2, 0.25) is 0 Å². The number of rotatable bonds is 5. The molecule has 2 heterocycles. The van der Waals surface area contributed by atoms with Crippen LogP contribution in [-0.4, -0.2) is 43.4 Å². The number of aromatic nitrogens is 1. The van der Waals surface area contributed by atoms with Gasteiger partial charge in [-0.25, -0.2) is 8.42 Å². The lowest BCUT2D eigenvalue weighted by atomic mass is 10.1. The summed E-state index contributed by atoms with van der Waals surface area (Å²) in [4.78, 5) is 18.8. The fraction of sp³-hybridized carbons (Fsp3) is 0.368. The number of benzene rings is 1. The van der Waals surface area contributed by atoms with Crippen molar-refractivity contribution in [3.05, 3.63) is 53.9 Å². The Hall–Kier alpha value is -2.41. The summed E-state index contributed by atoms with van der Waals surface area (Å²) >= 11 is 0. The Bertz CT molecular complexity index is 912. The molecule has 26 heavy (non-hydrogen) atoms. The molecule has 1 unspecified atom stereocenters. The maximum atomic E-state index is 12.6. The second-order valence-corrected chi connectivity index (χ2v) is 8.77. The van der Waals surface area contributed by atoms with Crippen LogP contribution in [0.4, 0.5) is 11.4 Å². The summed E-state index contributed by atoms with van der Waals surface area (Å²) < 4.78 is 23.6. The molecule has 6 nitrogen and oxygen atoms in total. The van der Waals surface area contributed by atoms with Gasteiger partial charge in [0.1, 0.15) is 0 Å². The molecular weight excluding hydrogens is 350 g/mol. The van der Waals surface area contributed by atoms with Crippen molar-refractivity contribution in [3.63, 3.8) is 0 Å². The van der Waals surface area contributed by atoms with Gasteiger partial charge in [-0.15, -0.1) is 0 Å². The quantitative estimate of drug-likeness (QED) is 0.872. The van der Waals surface area contributed by atoms with Gasteiger partial charge in [0.25, 0.3) is 5.91 Å². The minimum atomic E-state index is -2.97. The fourth-order valence-corrected chi connectivity index (χ4v) is 5.02. The number of anilines is 2. The first-order valence-electron chi connectivity index (χ1n) is 8.68. The van der Waals surface area contributed by atoms with Crippen LogP contribution in [-0.2, 0) is 9.84 Å². The summed E-state index contributed by atoms with van der Waals surface area (Å²) in [5, 5.41) is 2.90. The van der Waals surface area contributed by atoms with Crippen molar-refractivity contribution >= 4 is 27.1 Å². The number of hydrogen-bond donors (Lipinski definition) is 1. The number of nitrogens with zero attached hydrogens (tertiary/aromatic N) is 2. The fourth-order valence-electron chi connectivity index (χ4n) is 3.29. The van der Waals surface area contributed by atoms with Crippen LogP contribution in [0.25, 0.3) is 0 Å². The van der Waals surface area contributed by atoms with Gasteiger partial charge in [0, 0.05) is 24.5 Å². The SMILES string of the molecule is CCN(c1cncc(C(=O)Nc2ccccc2C)c1)C1CCS(=O)(=O)C1. The zero-order valence-corrected chi connectivity index (χ0v) is 15.8. The number of amides is 1. The number of nitrogens with one attached hydrogen (secondary N) is 1. The van der Waals surface area contributed by atoms with E-state index in [9.17, 15) is 13.2 Å². The van der Waals surface area contributed by atoms with Crippen LogP contribution in [0.5, 0.6) is 0 Å². The van der Waals surface area contributed by atoms with Crippen molar-refractivity contribution in [2.75, 3.05) is 28.3 Å². The van der Waals surface area contributed by atoms with Crippen LogP contribution in [0.15, 0.2) is 42.7 Å². The molecule has 1 amide bonds. The van der Waals surface area contributed by atoms with E-state index in [2.05, 4.69) is 10.3 Å². The molecule has 0 saturated carbocycles. The van der Waals surface area contributed by atoms with Crippen molar-refractivity contribution < 1.29 is 13.2 Å². The molecule has 7 heteroatoms. The topological polar surface area (TPSA) is 79.4 Å². The first-order valence-corrected chi connectivity index (χ1v) is 10.5. The zero-order valence-electron chi connectivity index (χ0n) is 15.0. The highest BCUT2D eigenvalue weighted by molar-refractivity contribution is 7.91. The molecule has 138 valence electrons. The van der Waals surface area contributed by atoms with E-state index in [1.165, 1.54) is 6.20 Å². The van der Waals surface area contributed by atoms with E-state index in [0.29, 0.717) is 18.5 Å². The maximum Gasteiger partial charge on any atom is 0.257 e. The number of para-hydroxylation sites is 1. The first kappa shape index (κ1) is 18.4. The number of carbonyl (C=O) groups excluding carboxylic acids is 1. The number of sulfone groups is 1. The van der Waals surface area contributed by atoms with Gasteiger partial charge < -0.3 is 10.2 Å². The van der Waals surface area contributed by atoms with Crippen molar-refractivity contribution in [3.8, 4) is 0 Å². The number of aryl methyl sites for hydroxylation is 1. The number of pyridine rings is 1. The molecular formula is C19H23N3O3S. The summed E-state index contributed by atoms with van der Waals surface area (Å²) in [6.45, 7) is 4.57. The van der Waals surface area contributed by atoms with Gasteiger partial charge in [-0.05, 0) is 38.0 Å². The second-order valence-electron chi connectivity index (χ2n) is 6.54. The maximum absolute atomic E-state index is 12.6. The minimum absolute atomic E-state index is 0.0681. The molecule has 1 aliphatic heterocycles. The highest BCUT2D eigenvalue weighted by Crippen LogP contribution is 2.25.